The van der Waals surface area contributed by atoms with Crippen molar-refractivity contribution >= 4 is 38.7 Å². The highest BCUT2D eigenvalue weighted by atomic mass is 32.1. The number of phenols is 1. The highest BCUT2D eigenvalue weighted by Crippen LogP contribution is 2.32. The molecule has 2 N–H and O–H groups in total. The van der Waals surface area contributed by atoms with Gasteiger partial charge in [0.25, 0.3) is 0 Å². The number of aromatic hydroxyl groups is 1. The van der Waals surface area contributed by atoms with Gasteiger partial charge >= 0.3 is 0 Å². The van der Waals surface area contributed by atoms with Crippen LogP contribution < -0.4 is 10.2 Å². The molecule has 1 amide bonds. The van der Waals surface area contributed by atoms with Crippen molar-refractivity contribution in [2.24, 2.45) is 0 Å². The van der Waals surface area contributed by atoms with Crippen molar-refractivity contribution in [3.05, 3.63) is 52.9 Å². The van der Waals surface area contributed by atoms with Gasteiger partial charge in [0, 0.05) is 54.1 Å². The van der Waals surface area contributed by atoms with Gasteiger partial charge in [-0.1, -0.05) is 6.07 Å². The highest BCUT2D eigenvalue weighted by Gasteiger charge is 2.19. The third-order valence-corrected chi connectivity index (χ3v) is 7.44. The Morgan fingerprint density at radius 2 is 1.90 bits per heavy atom. The molecule has 0 radical (unpaired) electrons. The van der Waals surface area contributed by atoms with E-state index in [2.05, 4.69) is 44.8 Å². The number of carbonyl (C=O) groups is 1. The first-order valence-corrected chi connectivity index (χ1v) is 12.1. The Hall–Kier alpha value is -2.57. The van der Waals surface area contributed by atoms with Crippen LogP contribution in [-0.4, -0.2) is 48.6 Å². The smallest absolute Gasteiger partial charge is 0.224 e. The zero-order chi connectivity index (χ0) is 21.2. The van der Waals surface area contributed by atoms with Gasteiger partial charge in [-0.3, -0.25) is 9.69 Å². The number of hydrogen-bond acceptors (Lipinski definition) is 5. The van der Waals surface area contributed by atoms with Crippen LogP contribution in [0.3, 0.4) is 0 Å². The number of carbonyl (C=O) groups excluding carboxylic acids is 1. The maximum Gasteiger partial charge on any atom is 0.224 e. The van der Waals surface area contributed by atoms with Gasteiger partial charge in [0.1, 0.15) is 5.75 Å². The molecular weight excluding hydrogens is 406 g/mol. The van der Waals surface area contributed by atoms with E-state index in [0.717, 1.165) is 68.8 Å². The number of hydrogen-bond donors (Lipinski definition) is 2. The van der Waals surface area contributed by atoms with Crippen molar-refractivity contribution in [2.45, 2.75) is 32.1 Å². The van der Waals surface area contributed by atoms with Crippen LogP contribution in [-0.2, 0) is 17.6 Å². The molecule has 3 aromatic rings. The SMILES string of the molecule is O=C1CCc2cc(O)c(CCCCN3CCN(c4cccc5sccc45)CC3)cc2N1. The fraction of sp³-hybridized carbons (Fsp3) is 0.400. The van der Waals surface area contributed by atoms with Gasteiger partial charge in [-0.2, -0.15) is 0 Å². The van der Waals surface area contributed by atoms with Crippen LogP contribution in [0.2, 0.25) is 0 Å². The second-order valence-corrected chi connectivity index (χ2v) is 9.53. The molecule has 1 saturated heterocycles. The largest absolute Gasteiger partial charge is 0.508 e. The minimum atomic E-state index is 0.0681. The molecule has 1 fully saturated rings. The van der Waals surface area contributed by atoms with E-state index in [1.807, 2.05) is 23.5 Å². The number of fused-ring (bicyclic) bond motifs is 2. The summed E-state index contributed by atoms with van der Waals surface area (Å²) in [5.74, 6) is 0.435. The number of nitrogens with one attached hydrogen (secondary N) is 1. The first-order valence-electron chi connectivity index (χ1n) is 11.3. The molecule has 0 bridgehead atoms. The lowest BCUT2D eigenvalue weighted by molar-refractivity contribution is -0.116. The highest BCUT2D eigenvalue weighted by molar-refractivity contribution is 7.17. The number of piperazine rings is 1. The summed E-state index contributed by atoms with van der Waals surface area (Å²) in [6, 6.07) is 12.7. The minimum absolute atomic E-state index is 0.0681. The van der Waals surface area contributed by atoms with Crippen LogP contribution in [0.4, 0.5) is 11.4 Å². The topological polar surface area (TPSA) is 55.8 Å². The zero-order valence-electron chi connectivity index (χ0n) is 17.8. The van der Waals surface area contributed by atoms with Crippen LogP contribution in [0, 0.1) is 0 Å². The molecule has 0 atom stereocenters. The number of phenolic OH excluding ortho intramolecular Hbond substituents is 1. The number of amides is 1. The molecule has 31 heavy (non-hydrogen) atoms. The van der Waals surface area contributed by atoms with Gasteiger partial charge in [-0.05, 0) is 79.1 Å². The maximum absolute atomic E-state index is 11.6. The van der Waals surface area contributed by atoms with Gasteiger partial charge in [-0.25, -0.2) is 0 Å². The molecular formula is C25H29N3O2S. The van der Waals surface area contributed by atoms with E-state index in [-0.39, 0.29) is 5.91 Å². The van der Waals surface area contributed by atoms with Crippen molar-refractivity contribution in [3.63, 3.8) is 0 Å². The predicted octanol–water partition coefficient (Wildman–Crippen LogP) is 4.64. The first kappa shape index (κ1) is 20.3. The van der Waals surface area contributed by atoms with E-state index in [4.69, 9.17) is 0 Å². The monoisotopic (exact) mass is 435 g/mol. The Bertz CT molecular complexity index is 1090. The Morgan fingerprint density at radius 3 is 2.77 bits per heavy atom. The molecule has 0 saturated carbocycles. The average molecular weight is 436 g/mol. The number of aryl methyl sites for hydroxylation is 2. The van der Waals surface area contributed by atoms with Crippen LogP contribution >= 0.6 is 11.3 Å². The summed E-state index contributed by atoms with van der Waals surface area (Å²) < 4.78 is 1.37. The molecule has 0 unspecified atom stereocenters. The molecule has 5 nitrogen and oxygen atoms in total. The lowest BCUT2D eigenvalue weighted by Crippen LogP contribution is -2.46. The van der Waals surface area contributed by atoms with E-state index in [0.29, 0.717) is 18.6 Å². The van der Waals surface area contributed by atoms with E-state index < -0.39 is 0 Å². The second-order valence-electron chi connectivity index (χ2n) is 8.58. The Morgan fingerprint density at radius 1 is 1.03 bits per heavy atom. The molecule has 2 aromatic carbocycles. The standard InChI is InChI=1S/C25H29N3O2S/c29-23-17-18-7-8-25(30)26-21(18)16-19(23)4-1-2-10-27-11-13-28(14-12-27)22-5-3-6-24-20(22)9-15-31-24/h3,5-6,9,15-17,29H,1-2,4,7-8,10-14H2,(H,26,30). The van der Waals surface area contributed by atoms with E-state index in [9.17, 15) is 9.90 Å². The molecule has 2 aliphatic heterocycles. The van der Waals surface area contributed by atoms with Crippen molar-refractivity contribution in [2.75, 3.05) is 42.9 Å². The van der Waals surface area contributed by atoms with E-state index >= 15 is 0 Å². The summed E-state index contributed by atoms with van der Waals surface area (Å²) in [5, 5.41) is 16.8. The number of nitrogens with zero attached hydrogens (tertiary/aromatic N) is 2. The summed E-state index contributed by atoms with van der Waals surface area (Å²) in [4.78, 5) is 16.7. The lowest BCUT2D eigenvalue weighted by atomic mass is 9.97. The van der Waals surface area contributed by atoms with Crippen LogP contribution in [0.1, 0.15) is 30.4 Å². The Kier molecular flexibility index (Phi) is 5.83. The number of anilines is 2. The summed E-state index contributed by atoms with van der Waals surface area (Å²) in [6.45, 7) is 5.42. The summed E-state index contributed by atoms with van der Waals surface area (Å²) in [5.41, 5.74) is 4.22. The summed E-state index contributed by atoms with van der Waals surface area (Å²) >= 11 is 1.81. The van der Waals surface area contributed by atoms with Gasteiger partial charge in [0.15, 0.2) is 0 Å². The van der Waals surface area contributed by atoms with Gasteiger partial charge in [0.2, 0.25) is 5.91 Å². The second kappa shape index (κ2) is 8.89. The van der Waals surface area contributed by atoms with Crippen LogP contribution in [0.15, 0.2) is 41.8 Å². The molecule has 6 heteroatoms. The quantitative estimate of drug-likeness (QED) is 0.438. The van der Waals surface area contributed by atoms with Gasteiger partial charge in [-0.15, -0.1) is 11.3 Å². The molecule has 162 valence electrons. The van der Waals surface area contributed by atoms with Crippen molar-refractivity contribution < 1.29 is 9.90 Å². The molecule has 0 aliphatic carbocycles. The number of unbranched alkanes of at least 4 members (excludes halogenated alkanes) is 1. The molecule has 2 aliphatic rings. The third kappa shape index (κ3) is 4.41. The molecule has 1 aromatic heterocycles. The predicted molar refractivity (Wildman–Crippen MR) is 128 cm³/mol. The Labute approximate surface area is 187 Å². The zero-order valence-corrected chi connectivity index (χ0v) is 18.6. The first-order chi connectivity index (χ1) is 15.2. The summed E-state index contributed by atoms with van der Waals surface area (Å²) in [6.07, 6.45) is 4.20. The van der Waals surface area contributed by atoms with Crippen LogP contribution in [0.25, 0.3) is 10.1 Å². The number of thiophene rings is 1. The fourth-order valence-electron chi connectivity index (χ4n) is 4.78. The van der Waals surface area contributed by atoms with Gasteiger partial charge < -0.3 is 15.3 Å². The fourth-order valence-corrected chi connectivity index (χ4v) is 5.59. The number of benzene rings is 2. The molecule has 5 rings (SSSR count). The van der Waals surface area contributed by atoms with Crippen molar-refractivity contribution in [1.29, 1.82) is 0 Å². The maximum atomic E-state index is 11.6. The lowest BCUT2D eigenvalue weighted by Gasteiger charge is -2.36. The van der Waals surface area contributed by atoms with E-state index in [1.54, 1.807) is 0 Å². The third-order valence-electron chi connectivity index (χ3n) is 6.56. The number of rotatable bonds is 6. The summed E-state index contributed by atoms with van der Waals surface area (Å²) in [7, 11) is 0. The normalized spacial score (nSPS) is 17.0. The van der Waals surface area contributed by atoms with E-state index in [1.165, 1.54) is 15.8 Å². The van der Waals surface area contributed by atoms with Gasteiger partial charge in [0.05, 0.1) is 0 Å². The molecule has 3 heterocycles. The van der Waals surface area contributed by atoms with Crippen molar-refractivity contribution in [3.8, 4) is 5.75 Å². The average Bonchev–Trinajstić information content (AvgIpc) is 3.27. The van der Waals surface area contributed by atoms with Crippen molar-refractivity contribution in [1.82, 2.24) is 4.90 Å². The molecule has 0 spiro atoms. The van der Waals surface area contributed by atoms with Crippen LogP contribution in [0.5, 0.6) is 5.75 Å². The Balaban J connectivity index is 1.10. The minimum Gasteiger partial charge on any atom is -0.508 e.